The van der Waals surface area contributed by atoms with E-state index >= 15 is 0 Å². The predicted octanol–water partition coefficient (Wildman–Crippen LogP) is 4.36. The number of hydrogen-bond donors (Lipinski definition) is 6. The van der Waals surface area contributed by atoms with Crippen LogP contribution < -0.4 is 36.9 Å². The maximum atomic E-state index is 14.1. The number of carboxylic acid groups (broad SMARTS) is 1. The zero-order chi connectivity index (χ0) is 41.0. The van der Waals surface area contributed by atoms with Gasteiger partial charge in [-0.15, -0.1) is 0 Å². The van der Waals surface area contributed by atoms with Crippen LogP contribution in [0.1, 0.15) is 115 Å². The normalized spacial score (nSPS) is 17.5. The molecule has 1 aliphatic rings. The minimum atomic E-state index is -1.32. The van der Waals surface area contributed by atoms with Gasteiger partial charge in [0.15, 0.2) is 0 Å². The molecule has 14 nitrogen and oxygen atoms in total. The number of carboxylic acids is 1. The number of nitrogens with zero attached hydrogens (tertiary/aromatic N) is 1. The highest BCUT2D eigenvalue weighted by molar-refractivity contribution is 5.95. The molecule has 310 valence electrons. The molecule has 1 aliphatic heterocycles. The summed E-state index contributed by atoms with van der Waals surface area (Å²) in [5.74, 6) is -2.61. The molecule has 0 unspecified atom stereocenters. The maximum absolute atomic E-state index is 14.1. The Morgan fingerprint density at radius 1 is 0.839 bits per heavy atom. The minimum Gasteiger partial charge on any atom is -0.492 e. The van der Waals surface area contributed by atoms with E-state index in [0.717, 1.165) is 19.3 Å². The summed E-state index contributed by atoms with van der Waals surface area (Å²) in [5, 5.41) is 18.0. The summed E-state index contributed by atoms with van der Waals surface area (Å²) in [6, 6.07) is 5.46. The van der Waals surface area contributed by atoms with Crippen LogP contribution in [0.5, 0.6) is 11.5 Å². The molecule has 2 aromatic rings. The van der Waals surface area contributed by atoms with Gasteiger partial charge in [-0.25, -0.2) is 4.79 Å². The Morgan fingerprint density at radius 2 is 1.39 bits per heavy atom. The maximum Gasteiger partial charge on any atom is 0.326 e. The fourth-order valence-corrected chi connectivity index (χ4v) is 6.83. The van der Waals surface area contributed by atoms with E-state index in [9.17, 15) is 29.1 Å². The van der Waals surface area contributed by atoms with Crippen molar-refractivity contribution >= 4 is 29.6 Å². The highest BCUT2D eigenvalue weighted by atomic mass is 16.5. The van der Waals surface area contributed by atoms with Gasteiger partial charge in [-0.2, -0.15) is 0 Å². The Bertz CT molecular complexity index is 1600. The molecule has 56 heavy (non-hydrogen) atoms. The van der Waals surface area contributed by atoms with Crippen molar-refractivity contribution in [2.24, 2.45) is 11.5 Å². The molecular weight excluding hydrogens is 716 g/mol. The van der Waals surface area contributed by atoms with Crippen LogP contribution in [-0.2, 0) is 30.4 Å². The van der Waals surface area contributed by atoms with E-state index in [-0.39, 0.29) is 45.1 Å². The summed E-state index contributed by atoms with van der Waals surface area (Å²) in [5.41, 5.74) is 13.5. The lowest BCUT2D eigenvalue weighted by Gasteiger charge is -2.32. The molecule has 0 aromatic heterocycles. The fraction of sp³-hybridized carbons (Fsp3) is 0.595. The first-order chi connectivity index (χ1) is 26.9. The first kappa shape index (κ1) is 45.7. The van der Waals surface area contributed by atoms with Crippen LogP contribution in [0, 0.1) is 0 Å². The van der Waals surface area contributed by atoms with E-state index in [4.69, 9.17) is 20.9 Å². The van der Waals surface area contributed by atoms with Crippen molar-refractivity contribution < 1.29 is 38.6 Å². The van der Waals surface area contributed by atoms with Gasteiger partial charge in [0.1, 0.15) is 48.9 Å². The lowest BCUT2D eigenvalue weighted by atomic mass is 9.93. The lowest BCUT2D eigenvalue weighted by molar-refractivity contribution is -0.143. The molecule has 0 aliphatic carbocycles. The highest BCUT2D eigenvalue weighted by Gasteiger charge is 2.35. The minimum absolute atomic E-state index is 0.0622. The van der Waals surface area contributed by atoms with Crippen molar-refractivity contribution in [3.05, 3.63) is 47.5 Å². The van der Waals surface area contributed by atoms with E-state index < -0.39 is 47.9 Å². The molecule has 4 bridgehead atoms. The molecule has 8 N–H and O–H groups in total. The summed E-state index contributed by atoms with van der Waals surface area (Å²) in [6.45, 7) is 6.04. The van der Waals surface area contributed by atoms with Crippen molar-refractivity contribution in [2.75, 3.05) is 33.4 Å². The number of rotatable bonds is 22. The quantitative estimate of drug-likeness (QED) is 0.0929. The largest absolute Gasteiger partial charge is 0.492 e. The number of nitrogens with one attached hydrogen (secondary N) is 3. The van der Waals surface area contributed by atoms with Gasteiger partial charge in [-0.3, -0.25) is 19.2 Å². The van der Waals surface area contributed by atoms with Crippen LogP contribution in [0.25, 0.3) is 11.1 Å². The Labute approximate surface area is 331 Å². The van der Waals surface area contributed by atoms with E-state index in [2.05, 4.69) is 22.9 Å². The van der Waals surface area contributed by atoms with Gasteiger partial charge < -0.3 is 46.9 Å². The molecule has 1 heterocycles. The molecule has 14 heteroatoms. The van der Waals surface area contributed by atoms with Crippen LogP contribution in [0.15, 0.2) is 36.4 Å². The van der Waals surface area contributed by atoms with Gasteiger partial charge in [0.2, 0.25) is 23.6 Å². The number of carbonyl (C=O) groups excluding carboxylic acids is 4. The third kappa shape index (κ3) is 14.1. The predicted molar refractivity (Wildman–Crippen MR) is 216 cm³/mol. The highest BCUT2D eigenvalue weighted by Crippen LogP contribution is 2.40. The first-order valence-corrected chi connectivity index (χ1v) is 20.2. The molecule has 0 spiro atoms. The molecule has 0 saturated carbocycles. The number of nitrogens with two attached hydrogens (primary N) is 2. The molecule has 0 fully saturated rings. The summed E-state index contributed by atoms with van der Waals surface area (Å²) in [6.07, 6.45) is 13.0. The van der Waals surface area contributed by atoms with Crippen molar-refractivity contribution in [1.82, 2.24) is 20.9 Å². The average molecular weight is 781 g/mol. The Hall–Kier alpha value is -4.69. The fourth-order valence-electron chi connectivity index (χ4n) is 6.83. The molecule has 4 amide bonds. The van der Waals surface area contributed by atoms with Crippen molar-refractivity contribution in [1.29, 1.82) is 0 Å². The Morgan fingerprint density at radius 3 is 1.96 bits per heavy atom. The first-order valence-electron chi connectivity index (χ1n) is 20.2. The topological polar surface area (TPSA) is 215 Å². The molecule has 4 atom stereocenters. The van der Waals surface area contributed by atoms with Crippen LogP contribution in [-0.4, -0.2) is 91.1 Å². The van der Waals surface area contributed by atoms with Gasteiger partial charge in [-0.1, -0.05) is 83.3 Å². The molecule has 3 rings (SSSR count). The number of amides is 4. The van der Waals surface area contributed by atoms with Crippen LogP contribution in [0.2, 0.25) is 0 Å². The lowest BCUT2D eigenvalue weighted by Crippen LogP contribution is -2.54. The van der Waals surface area contributed by atoms with Crippen molar-refractivity contribution in [3.63, 3.8) is 0 Å². The smallest absolute Gasteiger partial charge is 0.326 e. The van der Waals surface area contributed by atoms with Gasteiger partial charge >= 0.3 is 5.97 Å². The Balaban J connectivity index is 1.89. The summed E-state index contributed by atoms with van der Waals surface area (Å²) < 4.78 is 12.0. The number of ether oxygens (including phenoxy) is 2. The molecule has 0 saturated heterocycles. The van der Waals surface area contributed by atoms with Crippen LogP contribution in [0.4, 0.5) is 0 Å². The van der Waals surface area contributed by atoms with Crippen molar-refractivity contribution in [3.8, 4) is 22.6 Å². The van der Waals surface area contributed by atoms with E-state index in [1.807, 2.05) is 0 Å². The van der Waals surface area contributed by atoms with E-state index in [0.29, 0.717) is 40.2 Å². The number of benzene rings is 2. The zero-order valence-corrected chi connectivity index (χ0v) is 33.7. The zero-order valence-electron chi connectivity index (χ0n) is 33.7. The third-order valence-electron chi connectivity index (χ3n) is 9.95. The third-order valence-corrected chi connectivity index (χ3v) is 9.95. The summed E-state index contributed by atoms with van der Waals surface area (Å²) in [7, 11) is 1.46. The monoisotopic (exact) mass is 780 g/mol. The second-order valence-corrected chi connectivity index (χ2v) is 14.6. The molecule has 2 aromatic carbocycles. The van der Waals surface area contributed by atoms with Crippen LogP contribution in [0.3, 0.4) is 0 Å². The van der Waals surface area contributed by atoms with E-state index in [1.54, 1.807) is 43.3 Å². The summed E-state index contributed by atoms with van der Waals surface area (Å²) in [4.78, 5) is 67.8. The number of likely N-dealkylation sites (N-methyl/N-ethyl adjacent to an activating group) is 1. The average Bonchev–Trinajstić information content (AvgIpc) is 3.17. The van der Waals surface area contributed by atoms with Gasteiger partial charge in [-0.05, 0) is 55.7 Å². The second kappa shape index (κ2) is 24.1. The number of carbonyl (C=O) groups is 5. The van der Waals surface area contributed by atoms with E-state index in [1.165, 1.54) is 63.8 Å². The molecule has 0 radical (unpaired) electrons. The molecular formula is C42H64N6O8. The van der Waals surface area contributed by atoms with Gasteiger partial charge in [0.25, 0.3) is 0 Å². The number of aliphatic carboxylic acids is 1. The SMILES string of the molecule is CCCCCCCCCCCCCC(=O)N[C@@H](C)C(=O)N(C)[C@@H]1C(=O)N[C@@H](C)C(=O)N[C@H](C(=O)O)Cc2ccc(OCCN)c(c2)-c2cc1ccc2OCCN. The second-order valence-electron chi connectivity index (χ2n) is 14.6. The standard InChI is InChI=1S/C42H64N6O8/c1-5-6-7-8-9-10-11-12-13-14-15-16-37(49)45-29(3)41(52)48(4)38-31-18-20-36(56-24-22-44)33(27-31)32-25-30(17-19-35(32)55-23-21-43)26-34(42(53)54)47-39(50)28(2)46-40(38)51/h17-20,25,27-29,34,38H,5-16,21-24,26,43-44H2,1-4H3,(H,45,49)(H,46,51)(H,47,50)(H,53,54)/t28-,29-,34-,38-/m0/s1. The van der Waals surface area contributed by atoms with Crippen molar-refractivity contribution in [2.45, 2.75) is 128 Å². The summed E-state index contributed by atoms with van der Waals surface area (Å²) >= 11 is 0. The van der Waals surface area contributed by atoms with Crippen LogP contribution >= 0.6 is 0 Å². The number of fused-ring (bicyclic) bond motifs is 5. The van der Waals surface area contributed by atoms with Gasteiger partial charge in [0, 0.05) is 44.1 Å². The van der Waals surface area contributed by atoms with Gasteiger partial charge in [0.05, 0.1) is 0 Å². The number of unbranched alkanes of at least 4 members (excludes halogenated alkanes) is 10. The number of hydrogen-bond acceptors (Lipinski definition) is 9. The Kier molecular flexibility index (Phi) is 19.6.